The van der Waals surface area contributed by atoms with Crippen molar-refractivity contribution in [2.75, 3.05) is 19.7 Å². The predicted molar refractivity (Wildman–Crippen MR) is 81.5 cm³/mol. The van der Waals surface area contributed by atoms with Gasteiger partial charge in [0.05, 0.1) is 12.2 Å². The highest BCUT2D eigenvalue weighted by Crippen LogP contribution is 2.40. The normalized spacial score (nSPS) is 24.5. The summed E-state index contributed by atoms with van der Waals surface area (Å²) in [5.74, 6) is -0.246. The third kappa shape index (κ3) is 2.86. The predicted octanol–water partition coefficient (Wildman–Crippen LogP) is 2.29. The zero-order valence-corrected chi connectivity index (χ0v) is 12.7. The number of rotatable bonds is 3. The summed E-state index contributed by atoms with van der Waals surface area (Å²) in [5.41, 5.74) is 2.82. The van der Waals surface area contributed by atoms with Crippen molar-refractivity contribution in [3.05, 3.63) is 46.9 Å². The van der Waals surface area contributed by atoms with Crippen LogP contribution in [0.2, 0.25) is 0 Å². The number of ether oxygens (including phenoxy) is 1. The molecule has 3 rings (SSSR count). The topological polar surface area (TPSA) is 50.4 Å². The summed E-state index contributed by atoms with van der Waals surface area (Å²) >= 11 is 0. The van der Waals surface area contributed by atoms with Gasteiger partial charge in [0.2, 0.25) is 0 Å². The lowest BCUT2D eigenvalue weighted by molar-refractivity contribution is -0.138. The molecule has 0 amide bonds. The summed E-state index contributed by atoms with van der Waals surface area (Å²) < 4.78 is 18.3. The van der Waals surface area contributed by atoms with Crippen molar-refractivity contribution in [3.63, 3.8) is 0 Å². The summed E-state index contributed by atoms with van der Waals surface area (Å²) in [5, 5.41) is 6.90. The fourth-order valence-electron chi connectivity index (χ4n) is 3.39. The Labute approximate surface area is 129 Å². The van der Waals surface area contributed by atoms with Crippen LogP contribution in [-0.4, -0.2) is 25.7 Å². The van der Waals surface area contributed by atoms with Crippen molar-refractivity contribution in [1.29, 1.82) is 0 Å². The standard InChI is InChI=1S/C17H21FN2O2/c1-2-22-17(21)14-8-7-13-15(19-9-10-20-16(13)14)11-3-5-12(18)6-4-11/h3-6,13,15,19-20H,2,7-10H2,1H3/t13-,15+/m1/s1. The number of halogens is 1. The SMILES string of the molecule is CCOC(=O)C1=C2NCCN[C@@H](c3ccc(F)cc3)[C@H]2CC1. The van der Waals surface area contributed by atoms with Crippen LogP contribution < -0.4 is 10.6 Å². The monoisotopic (exact) mass is 304 g/mol. The van der Waals surface area contributed by atoms with Crippen molar-refractivity contribution in [1.82, 2.24) is 10.6 Å². The second-order valence-electron chi connectivity index (χ2n) is 5.67. The molecule has 1 aromatic rings. The van der Waals surface area contributed by atoms with Crippen LogP contribution in [0.15, 0.2) is 35.5 Å². The number of esters is 1. The van der Waals surface area contributed by atoms with Crippen LogP contribution in [0.4, 0.5) is 4.39 Å². The first-order valence-corrected chi connectivity index (χ1v) is 7.83. The Morgan fingerprint density at radius 2 is 2.09 bits per heavy atom. The van der Waals surface area contributed by atoms with Crippen LogP contribution in [0.3, 0.4) is 0 Å². The molecule has 0 aromatic heterocycles. The first kappa shape index (κ1) is 15.0. The van der Waals surface area contributed by atoms with Crippen LogP contribution in [0.5, 0.6) is 0 Å². The van der Waals surface area contributed by atoms with Crippen LogP contribution in [0.1, 0.15) is 31.4 Å². The smallest absolute Gasteiger partial charge is 0.335 e. The number of carbonyl (C=O) groups is 1. The number of fused-ring (bicyclic) bond motifs is 1. The Balaban J connectivity index is 1.90. The van der Waals surface area contributed by atoms with E-state index in [9.17, 15) is 9.18 Å². The summed E-state index contributed by atoms with van der Waals surface area (Å²) in [6.45, 7) is 3.78. The second kappa shape index (κ2) is 6.48. The van der Waals surface area contributed by atoms with Gasteiger partial charge in [-0.15, -0.1) is 0 Å². The molecule has 0 bridgehead atoms. The average molecular weight is 304 g/mol. The first-order valence-electron chi connectivity index (χ1n) is 7.83. The van der Waals surface area contributed by atoms with Crippen LogP contribution in [0, 0.1) is 11.7 Å². The van der Waals surface area contributed by atoms with E-state index in [-0.39, 0.29) is 23.7 Å². The molecule has 5 heteroatoms. The molecule has 1 aliphatic heterocycles. The van der Waals surface area contributed by atoms with E-state index < -0.39 is 0 Å². The lowest BCUT2D eigenvalue weighted by atomic mass is 9.91. The molecule has 1 aliphatic carbocycles. The lowest BCUT2D eigenvalue weighted by Gasteiger charge is -2.24. The minimum Gasteiger partial charge on any atom is -0.463 e. The molecule has 0 unspecified atom stereocenters. The average Bonchev–Trinajstić information content (AvgIpc) is 2.82. The number of hydrogen-bond donors (Lipinski definition) is 2. The minimum absolute atomic E-state index is 0.0949. The van der Waals surface area contributed by atoms with Gasteiger partial charge in [-0.25, -0.2) is 9.18 Å². The Morgan fingerprint density at radius 1 is 1.32 bits per heavy atom. The van der Waals surface area contributed by atoms with Gasteiger partial charge in [0.25, 0.3) is 0 Å². The summed E-state index contributed by atoms with van der Waals surface area (Å²) in [6.07, 6.45) is 1.62. The van der Waals surface area contributed by atoms with Crippen LogP contribution in [0.25, 0.3) is 0 Å². The van der Waals surface area contributed by atoms with Gasteiger partial charge in [-0.3, -0.25) is 0 Å². The Hall–Kier alpha value is -1.88. The molecule has 0 saturated carbocycles. The van der Waals surface area contributed by atoms with Crippen molar-refractivity contribution < 1.29 is 13.9 Å². The quantitative estimate of drug-likeness (QED) is 0.841. The zero-order valence-electron chi connectivity index (χ0n) is 12.7. The van der Waals surface area contributed by atoms with Gasteiger partial charge in [-0.05, 0) is 37.5 Å². The fraction of sp³-hybridized carbons (Fsp3) is 0.471. The molecule has 2 atom stereocenters. The van der Waals surface area contributed by atoms with Gasteiger partial charge in [0, 0.05) is 30.7 Å². The van der Waals surface area contributed by atoms with Crippen molar-refractivity contribution in [2.45, 2.75) is 25.8 Å². The summed E-state index contributed by atoms with van der Waals surface area (Å²) in [6, 6.07) is 6.70. The first-order chi connectivity index (χ1) is 10.7. The molecule has 1 fully saturated rings. The van der Waals surface area contributed by atoms with E-state index in [1.807, 2.05) is 19.1 Å². The molecule has 118 valence electrons. The van der Waals surface area contributed by atoms with E-state index in [4.69, 9.17) is 4.74 Å². The largest absolute Gasteiger partial charge is 0.463 e. The maximum absolute atomic E-state index is 13.2. The molecule has 0 radical (unpaired) electrons. The van der Waals surface area contributed by atoms with Gasteiger partial charge in [0.15, 0.2) is 0 Å². The Bertz CT molecular complexity index is 583. The van der Waals surface area contributed by atoms with E-state index in [1.54, 1.807) is 0 Å². The second-order valence-corrected chi connectivity index (χ2v) is 5.67. The van der Waals surface area contributed by atoms with Gasteiger partial charge in [0.1, 0.15) is 5.82 Å². The van der Waals surface area contributed by atoms with E-state index in [1.165, 1.54) is 12.1 Å². The molecule has 22 heavy (non-hydrogen) atoms. The van der Waals surface area contributed by atoms with Crippen molar-refractivity contribution >= 4 is 5.97 Å². The number of nitrogens with one attached hydrogen (secondary N) is 2. The highest BCUT2D eigenvalue weighted by atomic mass is 19.1. The lowest BCUT2D eigenvalue weighted by Crippen LogP contribution is -2.27. The van der Waals surface area contributed by atoms with Gasteiger partial charge in [-0.1, -0.05) is 12.1 Å². The van der Waals surface area contributed by atoms with E-state index in [0.717, 1.165) is 42.8 Å². The fourth-order valence-corrected chi connectivity index (χ4v) is 3.39. The Kier molecular flexibility index (Phi) is 4.43. The van der Waals surface area contributed by atoms with Gasteiger partial charge < -0.3 is 15.4 Å². The zero-order chi connectivity index (χ0) is 15.5. The molecule has 1 heterocycles. The summed E-state index contributed by atoms with van der Waals surface area (Å²) in [7, 11) is 0. The molecular weight excluding hydrogens is 283 g/mol. The van der Waals surface area contributed by atoms with Crippen molar-refractivity contribution in [3.8, 4) is 0 Å². The van der Waals surface area contributed by atoms with E-state index in [0.29, 0.717) is 6.61 Å². The maximum Gasteiger partial charge on any atom is 0.335 e. The Morgan fingerprint density at radius 3 is 2.82 bits per heavy atom. The van der Waals surface area contributed by atoms with Gasteiger partial charge in [-0.2, -0.15) is 0 Å². The van der Waals surface area contributed by atoms with Gasteiger partial charge >= 0.3 is 5.97 Å². The molecule has 1 aromatic carbocycles. The molecule has 0 spiro atoms. The van der Waals surface area contributed by atoms with E-state index in [2.05, 4.69) is 10.6 Å². The third-order valence-electron chi connectivity index (χ3n) is 4.36. The van der Waals surface area contributed by atoms with Crippen LogP contribution >= 0.6 is 0 Å². The number of hydrogen-bond acceptors (Lipinski definition) is 4. The molecule has 2 N–H and O–H groups in total. The van der Waals surface area contributed by atoms with Crippen LogP contribution in [-0.2, 0) is 9.53 Å². The third-order valence-corrected chi connectivity index (χ3v) is 4.36. The summed E-state index contributed by atoms with van der Waals surface area (Å²) in [4.78, 5) is 12.1. The highest BCUT2D eigenvalue weighted by molar-refractivity contribution is 5.90. The highest BCUT2D eigenvalue weighted by Gasteiger charge is 2.37. The molecule has 1 saturated heterocycles. The minimum atomic E-state index is -0.232. The van der Waals surface area contributed by atoms with Crippen molar-refractivity contribution in [2.24, 2.45) is 5.92 Å². The number of carbonyl (C=O) groups excluding carboxylic acids is 1. The maximum atomic E-state index is 13.2. The molecular formula is C17H21FN2O2. The molecule has 2 aliphatic rings. The number of benzene rings is 1. The molecule has 4 nitrogen and oxygen atoms in total. The van der Waals surface area contributed by atoms with E-state index >= 15 is 0 Å².